The Bertz CT molecular complexity index is 936. The van der Waals surface area contributed by atoms with Crippen molar-refractivity contribution < 1.29 is 14.7 Å². The molecule has 0 aliphatic rings. The fourth-order valence-electron chi connectivity index (χ4n) is 2.58. The molecular formula is C21H23N5O3. The van der Waals surface area contributed by atoms with Crippen molar-refractivity contribution in [1.82, 2.24) is 5.32 Å². The third-order valence-corrected chi connectivity index (χ3v) is 3.99. The second kappa shape index (κ2) is 10.4. The van der Waals surface area contributed by atoms with Crippen molar-refractivity contribution >= 4 is 35.2 Å². The molecule has 0 saturated carbocycles. The summed E-state index contributed by atoms with van der Waals surface area (Å²) >= 11 is 0. The Hall–Kier alpha value is -3.94. The molecule has 29 heavy (non-hydrogen) atoms. The first-order chi connectivity index (χ1) is 13.9. The fraction of sp³-hybridized carbons (Fsp3) is 0.143. The molecule has 1 amide bonds. The summed E-state index contributed by atoms with van der Waals surface area (Å²) in [7, 11) is 1.65. The van der Waals surface area contributed by atoms with E-state index in [0.717, 1.165) is 11.8 Å². The SMILES string of the molecule is CN/C=C(\C=N)C(=O)Nc1ccc(CNc2ccccc2C(=N)CC(=O)O)cc1. The molecule has 0 fully saturated rings. The lowest BCUT2D eigenvalue weighted by atomic mass is 10.0. The summed E-state index contributed by atoms with van der Waals surface area (Å²) in [4.78, 5) is 22.9. The lowest BCUT2D eigenvalue weighted by Crippen LogP contribution is -2.17. The minimum atomic E-state index is -1.04. The van der Waals surface area contributed by atoms with E-state index in [4.69, 9.17) is 15.9 Å². The number of amides is 1. The maximum Gasteiger partial charge on any atom is 0.309 e. The molecule has 8 nitrogen and oxygen atoms in total. The van der Waals surface area contributed by atoms with Gasteiger partial charge in [0.1, 0.15) is 0 Å². The van der Waals surface area contributed by atoms with Gasteiger partial charge in [-0.25, -0.2) is 0 Å². The van der Waals surface area contributed by atoms with Gasteiger partial charge in [-0.05, 0) is 23.8 Å². The van der Waals surface area contributed by atoms with Crippen molar-refractivity contribution in [3.63, 3.8) is 0 Å². The summed E-state index contributed by atoms with van der Waals surface area (Å²) in [6.45, 7) is 0.469. The van der Waals surface area contributed by atoms with Gasteiger partial charge in [-0.15, -0.1) is 0 Å². The van der Waals surface area contributed by atoms with Crippen LogP contribution in [-0.4, -0.2) is 36.0 Å². The Balaban J connectivity index is 2.02. The van der Waals surface area contributed by atoms with Crippen molar-refractivity contribution in [2.24, 2.45) is 0 Å². The van der Waals surface area contributed by atoms with Crippen LogP contribution in [-0.2, 0) is 16.1 Å². The van der Waals surface area contributed by atoms with Gasteiger partial charge in [0.25, 0.3) is 5.91 Å². The zero-order valence-electron chi connectivity index (χ0n) is 16.0. The summed E-state index contributed by atoms with van der Waals surface area (Å²) in [6.07, 6.45) is 2.08. The van der Waals surface area contributed by atoms with E-state index in [0.29, 0.717) is 23.5 Å². The highest BCUT2D eigenvalue weighted by Crippen LogP contribution is 2.19. The molecule has 0 radical (unpaired) electrons. The monoisotopic (exact) mass is 393 g/mol. The van der Waals surface area contributed by atoms with Gasteiger partial charge in [0.05, 0.1) is 17.7 Å². The molecule has 150 valence electrons. The number of carboxylic acid groups (broad SMARTS) is 1. The molecule has 0 saturated heterocycles. The van der Waals surface area contributed by atoms with E-state index in [9.17, 15) is 9.59 Å². The number of rotatable bonds is 10. The number of hydrogen-bond donors (Lipinski definition) is 6. The molecule has 0 heterocycles. The molecule has 8 heteroatoms. The van der Waals surface area contributed by atoms with Crippen molar-refractivity contribution in [3.05, 3.63) is 71.4 Å². The average molecular weight is 393 g/mol. The zero-order chi connectivity index (χ0) is 21.2. The summed E-state index contributed by atoms with van der Waals surface area (Å²) in [5.41, 5.74) is 3.03. The third kappa shape index (κ3) is 6.31. The molecule has 0 atom stereocenters. The Morgan fingerprint density at radius 1 is 1.10 bits per heavy atom. The van der Waals surface area contributed by atoms with Crippen LogP contribution in [0.4, 0.5) is 11.4 Å². The average Bonchev–Trinajstić information content (AvgIpc) is 2.71. The van der Waals surface area contributed by atoms with Crippen molar-refractivity contribution in [2.45, 2.75) is 13.0 Å². The normalized spacial score (nSPS) is 10.7. The first kappa shape index (κ1) is 21.4. The minimum Gasteiger partial charge on any atom is -0.481 e. The molecule has 0 bridgehead atoms. The van der Waals surface area contributed by atoms with Crippen LogP contribution in [0.5, 0.6) is 0 Å². The topological polar surface area (TPSA) is 138 Å². The van der Waals surface area contributed by atoms with E-state index in [1.807, 2.05) is 18.2 Å². The van der Waals surface area contributed by atoms with Crippen LogP contribution in [0.25, 0.3) is 0 Å². The van der Waals surface area contributed by atoms with Crippen LogP contribution in [0.2, 0.25) is 0 Å². The maximum absolute atomic E-state index is 12.1. The summed E-state index contributed by atoms with van der Waals surface area (Å²) in [5, 5.41) is 32.8. The lowest BCUT2D eigenvalue weighted by molar-refractivity contribution is -0.135. The zero-order valence-corrected chi connectivity index (χ0v) is 16.0. The van der Waals surface area contributed by atoms with Crippen LogP contribution in [0.15, 0.2) is 60.3 Å². The third-order valence-electron chi connectivity index (χ3n) is 3.99. The first-order valence-electron chi connectivity index (χ1n) is 8.85. The van der Waals surface area contributed by atoms with Gasteiger partial charge in [0.2, 0.25) is 0 Å². The van der Waals surface area contributed by atoms with E-state index in [2.05, 4.69) is 16.0 Å². The largest absolute Gasteiger partial charge is 0.481 e. The number of aliphatic carboxylic acids is 1. The standard InChI is InChI=1S/C21H23N5O3/c1-24-13-15(11-22)21(29)26-16-8-6-14(7-9-16)12-25-19-5-3-2-4-17(19)18(23)10-20(27)28/h2-9,11,13,22-25H,10,12H2,1H3,(H,26,29)(H,27,28)/b15-13+,22-11?,23-18?. The van der Waals surface area contributed by atoms with Gasteiger partial charge in [-0.2, -0.15) is 0 Å². The van der Waals surface area contributed by atoms with E-state index in [1.165, 1.54) is 6.20 Å². The second-order valence-electron chi connectivity index (χ2n) is 6.13. The Morgan fingerprint density at radius 2 is 1.79 bits per heavy atom. The van der Waals surface area contributed by atoms with Crippen molar-refractivity contribution in [1.29, 1.82) is 10.8 Å². The molecule has 0 aliphatic heterocycles. The maximum atomic E-state index is 12.1. The number of benzene rings is 2. The molecular weight excluding hydrogens is 370 g/mol. The molecule has 0 aliphatic carbocycles. The first-order valence-corrected chi connectivity index (χ1v) is 8.85. The van der Waals surface area contributed by atoms with Gasteiger partial charge in [0, 0.05) is 42.9 Å². The predicted molar refractivity (Wildman–Crippen MR) is 114 cm³/mol. The van der Waals surface area contributed by atoms with Gasteiger partial charge >= 0.3 is 5.97 Å². The molecule has 2 aromatic carbocycles. The van der Waals surface area contributed by atoms with Crippen LogP contribution in [0.3, 0.4) is 0 Å². The van der Waals surface area contributed by atoms with E-state index >= 15 is 0 Å². The van der Waals surface area contributed by atoms with Gasteiger partial charge < -0.3 is 31.9 Å². The molecule has 0 unspecified atom stereocenters. The molecule has 2 aromatic rings. The molecule has 0 aromatic heterocycles. The van der Waals surface area contributed by atoms with E-state index in [1.54, 1.807) is 37.4 Å². The highest BCUT2D eigenvalue weighted by molar-refractivity contribution is 6.17. The number of hydrogen-bond acceptors (Lipinski definition) is 6. The van der Waals surface area contributed by atoms with Crippen LogP contribution in [0, 0.1) is 10.8 Å². The van der Waals surface area contributed by atoms with Crippen LogP contribution >= 0.6 is 0 Å². The van der Waals surface area contributed by atoms with E-state index < -0.39 is 5.97 Å². The van der Waals surface area contributed by atoms with Gasteiger partial charge in [-0.1, -0.05) is 30.3 Å². The molecule has 0 spiro atoms. The molecule has 2 rings (SSSR count). The van der Waals surface area contributed by atoms with Gasteiger partial charge in [-0.3, -0.25) is 9.59 Å². The highest BCUT2D eigenvalue weighted by atomic mass is 16.4. The predicted octanol–water partition coefficient (Wildman–Crippen LogP) is 2.83. The highest BCUT2D eigenvalue weighted by Gasteiger charge is 2.11. The fourth-order valence-corrected chi connectivity index (χ4v) is 2.58. The number of carbonyl (C=O) groups excluding carboxylic acids is 1. The minimum absolute atomic E-state index is 0.0373. The number of anilines is 2. The smallest absolute Gasteiger partial charge is 0.309 e. The van der Waals surface area contributed by atoms with Crippen molar-refractivity contribution in [2.75, 3.05) is 17.7 Å². The van der Waals surface area contributed by atoms with Crippen molar-refractivity contribution in [3.8, 4) is 0 Å². The Morgan fingerprint density at radius 3 is 2.41 bits per heavy atom. The van der Waals surface area contributed by atoms with Crippen LogP contribution < -0.4 is 16.0 Å². The number of para-hydroxylation sites is 1. The molecule has 6 N–H and O–H groups in total. The lowest BCUT2D eigenvalue weighted by Gasteiger charge is -2.13. The Kier molecular flexibility index (Phi) is 7.67. The summed E-state index contributed by atoms with van der Waals surface area (Å²) in [6, 6.07) is 14.3. The van der Waals surface area contributed by atoms with E-state index in [-0.39, 0.29) is 23.6 Å². The summed E-state index contributed by atoms with van der Waals surface area (Å²) in [5.74, 6) is -1.43. The summed E-state index contributed by atoms with van der Waals surface area (Å²) < 4.78 is 0. The number of carbonyl (C=O) groups is 2. The van der Waals surface area contributed by atoms with Gasteiger partial charge in [0.15, 0.2) is 0 Å². The quantitative estimate of drug-likeness (QED) is 0.272. The number of nitrogens with one attached hydrogen (secondary N) is 5. The number of carboxylic acids is 1. The Labute approximate surface area is 168 Å². The second-order valence-corrected chi connectivity index (χ2v) is 6.13. The van der Waals surface area contributed by atoms with Crippen LogP contribution in [0.1, 0.15) is 17.5 Å².